The first-order valence-corrected chi connectivity index (χ1v) is 15.2. The summed E-state index contributed by atoms with van der Waals surface area (Å²) < 4.78 is 17.5. The summed E-state index contributed by atoms with van der Waals surface area (Å²) in [4.78, 5) is 30.9. The summed E-state index contributed by atoms with van der Waals surface area (Å²) in [5, 5.41) is 11.6. The first-order chi connectivity index (χ1) is 22.0. The maximum absolute atomic E-state index is 13.6. The molecule has 0 bridgehead atoms. The highest BCUT2D eigenvalue weighted by atomic mass is 16.5. The maximum Gasteiger partial charge on any atom is 0.295 e. The summed E-state index contributed by atoms with van der Waals surface area (Å²) in [6.07, 6.45) is 0. The van der Waals surface area contributed by atoms with Gasteiger partial charge in [-0.1, -0.05) is 60.2 Å². The second-order valence-corrected chi connectivity index (χ2v) is 11.2. The monoisotopic (exact) mass is 604 g/mol. The molecule has 2 fully saturated rings. The van der Waals surface area contributed by atoms with E-state index in [2.05, 4.69) is 4.90 Å². The number of carbonyl (C=O) groups excluding carboxylic acids is 2. The van der Waals surface area contributed by atoms with E-state index in [1.807, 2.05) is 85.8 Å². The van der Waals surface area contributed by atoms with Gasteiger partial charge < -0.3 is 24.2 Å². The fraction of sp³-hybridized carbons (Fsp3) is 0.243. The van der Waals surface area contributed by atoms with E-state index >= 15 is 0 Å². The van der Waals surface area contributed by atoms with Gasteiger partial charge in [0.2, 0.25) is 0 Å². The van der Waals surface area contributed by atoms with E-state index in [9.17, 15) is 14.7 Å². The minimum Gasteiger partial charge on any atom is -0.507 e. The van der Waals surface area contributed by atoms with Gasteiger partial charge in [-0.05, 0) is 66.6 Å². The zero-order chi connectivity index (χ0) is 31.2. The molecule has 1 atom stereocenters. The third-order valence-electron chi connectivity index (χ3n) is 8.11. The third-order valence-corrected chi connectivity index (χ3v) is 8.11. The molecule has 230 valence electrons. The summed E-state index contributed by atoms with van der Waals surface area (Å²) in [5.74, 6) is 0.274. The largest absolute Gasteiger partial charge is 0.507 e. The summed E-state index contributed by atoms with van der Waals surface area (Å²) in [6.45, 7) is 6.12. The van der Waals surface area contributed by atoms with E-state index in [4.69, 9.17) is 14.2 Å². The third kappa shape index (κ3) is 7.09. The maximum atomic E-state index is 13.6. The Hall–Kier alpha value is -4.92. The molecule has 0 saturated carbocycles. The Balaban J connectivity index is 1.29. The van der Waals surface area contributed by atoms with Crippen molar-refractivity contribution in [2.45, 2.75) is 19.6 Å². The van der Waals surface area contributed by atoms with Gasteiger partial charge in [-0.15, -0.1) is 0 Å². The zero-order valence-corrected chi connectivity index (χ0v) is 25.2. The summed E-state index contributed by atoms with van der Waals surface area (Å²) in [6, 6.07) is 31.0. The Kier molecular flexibility index (Phi) is 9.24. The van der Waals surface area contributed by atoms with Crippen LogP contribution in [0.3, 0.4) is 0 Å². The van der Waals surface area contributed by atoms with Crippen LogP contribution < -0.4 is 9.47 Å². The van der Waals surface area contributed by atoms with E-state index in [0.29, 0.717) is 61.3 Å². The highest BCUT2D eigenvalue weighted by Gasteiger charge is 2.46. The molecule has 6 rings (SSSR count). The van der Waals surface area contributed by atoms with Crippen molar-refractivity contribution in [2.24, 2.45) is 0 Å². The Morgan fingerprint density at radius 1 is 0.822 bits per heavy atom. The van der Waals surface area contributed by atoms with Crippen LogP contribution in [0.25, 0.3) is 5.76 Å². The Bertz CT molecular complexity index is 1660. The fourth-order valence-corrected chi connectivity index (χ4v) is 5.62. The topological polar surface area (TPSA) is 88.5 Å². The van der Waals surface area contributed by atoms with Crippen LogP contribution in [0.5, 0.6) is 17.2 Å². The van der Waals surface area contributed by atoms with E-state index < -0.39 is 17.7 Å². The lowest BCUT2D eigenvalue weighted by atomic mass is 9.95. The lowest BCUT2D eigenvalue weighted by Gasteiger charge is -2.31. The molecule has 2 saturated heterocycles. The van der Waals surface area contributed by atoms with Gasteiger partial charge in [0.25, 0.3) is 11.7 Å². The molecule has 0 unspecified atom stereocenters. The van der Waals surface area contributed by atoms with Crippen molar-refractivity contribution in [3.8, 4) is 17.2 Å². The normalized spacial score (nSPS) is 18.2. The van der Waals surface area contributed by atoms with Crippen molar-refractivity contribution in [2.75, 3.05) is 39.4 Å². The number of ketones is 1. The molecular formula is C37H36N2O6. The number of aliphatic hydroxyl groups excluding tert-OH is 1. The first kappa shape index (κ1) is 30.1. The van der Waals surface area contributed by atoms with E-state index in [1.165, 1.54) is 5.56 Å². The number of ether oxygens (including phenoxy) is 3. The number of likely N-dealkylation sites (tertiary alicyclic amines) is 1. The molecule has 0 spiro atoms. The minimum absolute atomic E-state index is 0.0483. The second-order valence-electron chi connectivity index (χ2n) is 11.2. The number of hydrogen-bond acceptors (Lipinski definition) is 7. The number of hydrogen-bond donors (Lipinski definition) is 1. The van der Waals surface area contributed by atoms with E-state index in [0.717, 1.165) is 18.7 Å². The Labute approximate surface area is 263 Å². The summed E-state index contributed by atoms with van der Waals surface area (Å²) >= 11 is 0. The van der Waals surface area contributed by atoms with Crippen molar-refractivity contribution in [3.05, 3.63) is 131 Å². The van der Waals surface area contributed by atoms with Crippen LogP contribution in [0.4, 0.5) is 0 Å². The summed E-state index contributed by atoms with van der Waals surface area (Å²) in [5.41, 5.74) is 3.37. The highest BCUT2D eigenvalue weighted by Crippen LogP contribution is 2.40. The average Bonchev–Trinajstić information content (AvgIpc) is 3.33. The molecule has 2 aliphatic rings. The zero-order valence-electron chi connectivity index (χ0n) is 25.2. The van der Waals surface area contributed by atoms with Gasteiger partial charge in [-0.25, -0.2) is 0 Å². The Morgan fingerprint density at radius 3 is 2.27 bits per heavy atom. The quantitative estimate of drug-likeness (QED) is 0.133. The molecule has 1 N–H and O–H groups in total. The molecule has 4 aromatic carbocycles. The lowest BCUT2D eigenvalue weighted by Crippen LogP contribution is -2.42. The van der Waals surface area contributed by atoms with Crippen molar-refractivity contribution in [1.82, 2.24) is 9.80 Å². The van der Waals surface area contributed by atoms with Crippen molar-refractivity contribution < 1.29 is 28.9 Å². The van der Waals surface area contributed by atoms with Crippen molar-refractivity contribution in [3.63, 3.8) is 0 Å². The van der Waals surface area contributed by atoms with Gasteiger partial charge in [0, 0.05) is 31.7 Å². The fourth-order valence-electron chi connectivity index (χ4n) is 5.62. The number of nitrogens with zero attached hydrogens (tertiary/aromatic N) is 2. The van der Waals surface area contributed by atoms with Crippen LogP contribution >= 0.6 is 0 Å². The number of amides is 1. The van der Waals surface area contributed by atoms with Crippen molar-refractivity contribution in [1.29, 1.82) is 0 Å². The number of rotatable bonds is 10. The number of aryl methyl sites for hydroxylation is 1. The summed E-state index contributed by atoms with van der Waals surface area (Å²) in [7, 11) is 0. The molecule has 0 aliphatic carbocycles. The molecule has 0 radical (unpaired) electrons. The predicted octanol–water partition coefficient (Wildman–Crippen LogP) is 6.12. The molecular weight excluding hydrogens is 568 g/mol. The highest BCUT2D eigenvalue weighted by molar-refractivity contribution is 6.46. The van der Waals surface area contributed by atoms with E-state index in [1.54, 1.807) is 29.2 Å². The van der Waals surface area contributed by atoms with Crippen molar-refractivity contribution >= 4 is 17.4 Å². The molecule has 8 heteroatoms. The number of aliphatic hydroxyl groups is 1. The molecule has 4 aromatic rings. The molecule has 0 aromatic heterocycles. The predicted molar refractivity (Wildman–Crippen MR) is 171 cm³/mol. The van der Waals surface area contributed by atoms with Gasteiger partial charge in [0.05, 0.1) is 24.8 Å². The average molecular weight is 605 g/mol. The van der Waals surface area contributed by atoms with Gasteiger partial charge in [0.1, 0.15) is 29.6 Å². The molecule has 45 heavy (non-hydrogen) atoms. The second kappa shape index (κ2) is 13.8. The van der Waals surface area contributed by atoms with E-state index in [-0.39, 0.29) is 11.3 Å². The molecule has 8 nitrogen and oxygen atoms in total. The minimum atomic E-state index is -0.789. The van der Waals surface area contributed by atoms with Crippen LogP contribution in [0, 0.1) is 6.92 Å². The number of para-hydroxylation sites is 1. The standard InChI is InChI=1S/C37H36N2O6/c1-26-10-12-27(13-11-26)25-44-30-16-14-28(15-17-30)35(40)33-34(29-6-5-9-32(24-29)45-31-7-3-2-4-8-31)39(37(42)36(33)41)19-18-38-20-22-43-23-21-38/h2-17,24,34,40H,18-23,25H2,1H3/t34-/m1/s1. The number of Topliss-reactive ketones (excluding diaryl/α,β-unsaturated/α-hetero) is 1. The van der Waals surface area contributed by atoms with Gasteiger partial charge in [-0.2, -0.15) is 0 Å². The van der Waals surface area contributed by atoms with Gasteiger partial charge in [-0.3, -0.25) is 14.5 Å². The van der Waals surface area contributed by atoms with Crippen LogP contribution in [0.15, 0.2) is 109 Å². The van der Waals surface area contributed by atoms with Crippen LogP contribution in [-0.2, 0) is 20.9 Å². The van der Waals surface area contributed by atoms with Crippen LogP contribution in [-0.4, -0.2) is 66.0 Å². The molecule has 2 heterocycles. The van der Waals surface area contributed by atoms with Gasteiger partial charge >= 0.3 is 0 Å². The van der Waals surface area contributed by atoms with Gasteiger partial charge in [0.15, 0.2) is 0 Å². The van der Waals surface area contributed by atoms with Crippen LogP contribution in [0.1, 0.15) is 28.3 Å². The smallest absolute Gasteiger partial charge is 0.295 e. The number of benzene rings is 4. The number of carbonyl (C=O) groups is 2. The molecule has 1 amide bonds. The van der Waals surface area contributed by atoms with Crippen LogP contribution in [0.2, 0.25) is 0 Å². The first-order valence-electron chi connectivity index (χ1n) is 15.2. The Morgan fingerprint density at radius 2 is 1.53 bits per heavy atom. The lowest BCUT2D eigenvalue weighted by molar-refractivity contribution is -0.140. The number of morpholine rings is 1. The molecule has 2 aliphatic heterocycles. The SMILES string of the molecule is Cc1ccc(COc2ccc(C(O)=C3C(=O)C(=O)N(CCN4CCOCC4)[C@@H]3c3cccc(Oc4ccccc4)c3)cc2)cc1.